The number of rotatable bonds is 5. The normalized spacial score (nSPS) is 11.5. The Morgan fingerprint density at radius 2 is 1.67 bits per heavy atom. The van der Waals surface area contributed by atoms with Crippen LogP contribution in [-0.2, 0) is 6.54 Å². The van der Waals surface area contributed by atoms with Gasteiger partial charge in [-0.1, -0.05) is 55.2 Å². The van der Waals surface area contributed by atoms with Gasteiger partial charge in [-0.15, -0.1) is 0 Å². The van der Waals surface area contributed by atoms with Crippen LogP contribution in [0.5, 0.6) is 0 Å². The predicted octanol–water partition coefficient (Wildman–Crippen LogP) is 4.40. The minimum Gasteiger partial charge on any atom is -0.367 e. The molecule has 0 spiro atoms. The van der Waals surface area contributed by atoms with E-state index in [1.165, 1.54) is 16.8 Å². The van der Waals surface area contributed by atoms with Gasteiger partial charge in [-0.05, 0) is 30.7 Å². The van der Waals surface area contributed by atoms with E-state index in [0.717, 1.165) is 18.8 Å². The molecule has 2 rings (SSSR count). The molecule has 2 aromatic carbocycles. The Labute approximate surface area is 128 Å². The van der Waals surface area contributed by atoms with Gasteiger partial charge in [-0.2, -0.15) is 0 Å². The van der Waals surface area contributed by atoms with Crippen molar-refractivity contribution in [1.29, 1.82) is 0 Å². The maximum absolute atomic E-state index is 13.4. The van der Waals surface area contributed by atoms with E-state index in [0.29, 0.717) is 0 Å². The van der Waals surface area contributed by atoms with Crippen molar-refractivity contribution in [3.63, 3.8) is 0 Å². The van der Waals surface area contributed by atoms with E-state index in [4.69, 9.17) is 0 Å². The van der Waals surface area contributed by atoms with E-state index < -0.39 is 8.07 Å². The second-order valence-corrected chi connectivity index (χ2v) is 11.5. The van der Waals surface area contributed by atoms with Crippen molar-refractivity contribution in [3.05, 3.63) is 59.9 Å². The minimum atomic E-state index is -1.24. The quantitative estimate of drug-likeness (QED) is 0.740. The fourth-order valence-electron chi connectivity index (χ4n) is 2.39. The molecule has 0 saturated heterocycles. The molecule has 0 aliphatic carbocycles. The topological polar surface area (TPSA) is 3.24 Å². The molecule has 21 heavy (non-hydrogen) atoms. The highest BCUT2D eigenvalue weighted by Gasteiger charge is 2.16. The third kappa shape index (κ3) is 4.18. The summed E-state index contributed by atoms with van der Waals surface area (Å²) in [5.41, 5.74) is 2.20. The van der Waals surface area contributed by atoms with Crippen LogP contribution in [-0.4, -0.2) is 14.6 Å². The highest BCUT2D eigenvalue weighted by atomic mass is 28.3. The van der Waals surface area contributed by atoms with Gasteiger partial charge in [0, 0.05) is 18.8 Å². The SMILES string of the molecule is CCN(Cc1ccc([Si](C)(C)C)cc1)c1cccc(F)c1. The van der Waals surface area contributed by atoms with Gasteiger partial charge in [0.05, 0.1) is 8.07 Å². The first kappa shape index (κ1) is 15.8. The summed E-state index contributed by atoms with van der Waals surface area (Å²) in [6.45, 7) is 10.8. The molecule has 0 saturated carbocycles. The Morgan fingerprint density at radius 3 is 2.19 bits per heavy atom. The molecule has 0 aromatic heterocycles. The average molecular weight is 301 g/mol. The van der Waals surface area contributed by atoms with Crippen molar-refractivity contribution in [2.45, 2.75) is 33.1 Å². The second-order valence-electron chi connectivity index (χ2n) is 6.44. The summed E-state index contributed by atoms with van der Waals surface area (Å²) >= 11 is 0. The van der Waals surface area contributed by atoms with E-state index in [-0.39, 0.29) is 5.82 Å². The highest BCUT2D eigenvalue weighted by Crippen LogP contribution is 2.18. The molecule has 0 heterocycles. The molecule has 112 valence electrons. The summed E-state index contributed by atoms with van der Waals surface area (Å²) < 4.78 is 13.4. The number of benzene rings is 2. The second kappa shape index (κ2) is 6.44. The van der Waals surface area contributed by atoms with Crippen LogP contribution in [0.25, 0.3) is 0 Å². The molecule has 0 atom stereocenters. The average Bonchev–Trinajstić information content (AvgIpc) is 2.44. The third-order valence-corrected chi connectivity index (χ3v) is 5.81. The minimum absolute atomic E-state index is 0.181. The van der Waals surface area contributed by atoms with Crippen molar-refractivity contribution in [3.8, 4) is 0 Å². The van der Waals surface area contributed by atoms with Gasteiger partial charge in [0.15, 0.2) is 0 Å². The van der Waals surface area contributed by atoms with Crippen LogP contribution in [0.3, 0.4) is 0 Å². The standard InChI is InChI=1S/C18H24FNSi/c1-5-20(17-8-6-7-16(19)13-17)14-15-9-11-18(12-10-15)21(2,3)4/h6-13H,5,14H2,1-4H3. The lowest BCUT2D eigenvalue weighted by molar-refractivity contribution is 0.626. The third-order valence-electron chi connectivity index (χ3n) is 3.75. The van der Waals surface area contributed by atoms with Crippen molar-refractivity contribution in [1.82, 2.24) is 0 Å². The maximum atomic E-state index is 13.4. The smallest absolute Gasteiger partial charge is 0.125 e. The molecular formula is C18H24FNSi. The fourth-order valence-corrected chi connectivity index (χ4v) is 3.56. The largest absolute Gasteiger partial charge is 0.367 e. The van der Waals surface area contributed by atoms with E-state index in [9.17, 15) is 4.39 Å². The zero-order valence-corrected chi connectivity index (χ0v) is 14.4. The molecule has 0 amide bonds. The first-order valence-electron chi connectivity index (χ1n) is 7.50. The van der Waals surface area contributed by atoms with E-state index in [1.54, 1.807) is 12.1 Å². The Bertz CT molecular complexity index is 587. The van der Waals surface area contributed by atoms with Crippen LogP contribution in [0.15, 0.2) is 48.5 Å². The van der Waals surface area contributed by atoms with Gasteiger partial charge in [-0.25, -0.2) is 4.39 Å². The molecule has 0 aliphatic heterocycles. The summed E-state index contributed by atoms with van der Waals surface area (Å²) in [5, 5.41) is 1.47. The molecule has 0 radical (unpaired) electrons. The Hall–Kier alpha value is -1.61. The molecular weight excluding hydrogens is 277 g/mol. The molecule has 0 N–H and O–H groups in total. The molecule has 0 aliphatic rings. The molecule has 0 unspecified atom stereocenters. The van der Waals surface area contributed by atoms with Crippen LogP contribution in [0.1, 0.15) is 12.5 Å². The number of nitrogens with zero attached hydrogens (tertiary/aromatic N) is 1. The van der Waals surface area contributed by atoms with Gasteiger partial charge in [0.25, 0.3) is 0 Å². The van der Waals surface area contributed by atoms with Gasteiger partial charge in [-0.3, -0.25) is 0 Å². The summed E-state index contributed by atoms with van der Waals surface area (Å²) in [5.74, 6) is -0.181. The summed E-state index contributed by atoms with van der Waals surface area (Å²) in [7, 11) is -1.24. The van der Waals surface area contributed by atoms with Crippen molar-refractivity contribution < 1.29 is 4.39 Å². The number of hydrogen-bond acceptors (Lipinski definition) is 1. The van der Waals surface area contributed by atoms with Crippen molar-refractivity contribution in [2.75, 3.05) is 11.4 Å². The van der Waals surface area contributed by atoms with Crippen LogP contribution >= 0.6 is 0 Å². The number of hydrogen-bond donors (Lipinski definition) is 0. The summed E-state index contributed by atoms with van der Waals surface area (Å²) in [6, 6.07) is 15.7. The number of anilines is 1. The van der Waals surface area contributed by atoms with Crippen molar-refractivity contribution in [2.24, 2.45) is 0 Å². The van der Waals surface area contributed by atoms with Gasteiger partial charge in [0.2, 0.25) is 0 Å². The molecule has 0 fully saturated rings. The Morgan fingerprint density at radius 1 is 1.00 bits per heavy atom. The van der Waals surface area contributed by atoms with Gasteiger partial charge < -0.3 is 4.90 Å². The van der Waals surface area contributed by atoms with Gasteiger partial charge >= 0.3 is 0 Å². The van der Waals surface area contributed by atoms with E-state index in [1.807, 2.05) is 6.07 Å². The van der Waals surface area contributed by atoms with Crippen LogP contribution in [0, 0.1) is 5.82 Å². The lowest BCUT2D eigenvalue weighted by Crippen LogP contribution is -2.37. The van der Waals surface area contributed by atoms with Crippen LogP contribution in [0.2, 0.25) is 19.6 Å². The maximum Gasteiger partial charge on any atom is 0.125 e. The molecule has 3 heteroatoms. The summed E-state index contributed by atoms with van der Waals surface area (Å²) in [4.78, 5) is 2.19. The zero-order chi connectivity index (χ0) is 15.5. The summed E-state index contributed by atoms with van der Waals surface area (Å²) in [6.07, 6.45) is 0. The molecule has 1 nitrogen and oxygen atoms in total. The zero-order valence-electron chi connectivity index (χ0n) is 13.4. The predicted molar refractivity (Wildman–Crippen MR) is 92.5 cm³/mol. The number of halogens is 1. The monoisotopic (exact) mass is 301 g/mol. The first-order valence-corrected chi connectivity index (χ1v) is 11.0. The van der Waals surface area contributed by atoms with Crippen LogP contribution in [0.4, 0.5) is 10.1 Å². The highest BCUT2D eigenvalue weighted by molar-refractivity contribution is 6.88. The Kier molecular flexibility index (Phi) is 4.83. The Balaban J connectivity index is 2.15. The van der Waals surface area contributed by atoms with Crippen molar-refractivity contribution >= 4 is 18.9 Å². The van der Waals surface area contributed by atoms with E-state index >= 15 is 0 Å². The molecule has 0 bridgehead atoms. The van der Waals surface area contributed by atoms with Gasteiger partial charge in [0.1, 0.15) is 5.82 Å². The lowest BCUT2D eigenvalue weighted by atomic mass is 10.2. The fraction of sp³-hybridized carbons (Fsp3) is 0.333. The van der Waals surface area contributed by atoms with Crippen LogP contribution < -0.4 is 10.1 Å². The first-order chi connectivity index (χ1) is 9.90. The molecule has 2 aromatic rings. The van der Waals surface area contributed by atoms with E-state index in [2.05, 4.69) is 55.7 Å². The lowest BCUT2D eigenvalue weighted by Gasteiger charge is -2.24.